The Morgan fingerprint density at radius 1 is 0.766 bits per heavy atom. The molecule has 0 saturated heterocycles. The van der Waals surface area contributed by atoms with Gasteiger partial charge in [0.05, 0.1) is 23.0 Å². The van der Waals surface area contributed by atoms with Crippen LogP contribution in [-0.4, -0.2) is 82.6 Å². The first-order chi connectivity index (χ1) is 30.9. The SMILES string of the molecule is CSCC[C@H](NC(=O)[C@H](Cc1ccccc1)NC(=O)c1cccc2c1OCCC2N(CCCSC(c1ccccc1)(c1ccccc1)c1ccccc1)NC(=O)OC(C)(C)C)C(=O)O. The van der Waals surface area contributed by atoms with E-state index >= 15 is 0 Å². The molecule has 4 N–H and O–H groups in total. The highest BCUT2D eigenvalue weighted by Crippen LogP contribution is 2.49. The molecule has 1 aliphatic heterocycles. The normalized spacial score (nSPS) is 14.6. The van der Waals surface area contributed by atoms with Gasteiger partial charge in [0.1, 0.15) is 23.4 Å². The summed E-state index contributed by atoms with van der Waals surface area (Å²) in [5.41, 5.74) is 7.49. The molecule has 6 rings (SSSR count). The lowest BCUT2D eigenvalue weighted by atomic mass is 9.84. The van der Waals surface area contributed by atoms with Crippen molar-refractivity contribution in [2.75, 3.05) is 30.9 Å². The third kappa shape index (κ3) is 12.5. The van der Waals surface area contributed by atoms with Crippen molar-refractivity contribution < 1.29 is 33.8 Å². The van der Waals surface area contributed by atoms with Crippen LogP contribution in [0.25, 0.3) is 0 Å². The highest BCUT2D eigenvalue weighted by Gasteiger charge is 2.38. The van der Waals surface area contributed by atoms with Crippen LogP contribution in [0.3, 0.4) is 0 Å². The van der Waals surface area contributed by atoms with Gasteiger partial charge >= 0.3 is 12.1 Å². The highest BCUT2D eigenvalue weighted by molar-refractivity contribution is 8.00. The minimum Gasteiger partial charge on any atom is -0.492 e. The summed E-state index contributed by atoms with van der Waals surface area (Å²) in [7, 11) is 0. The average molecular weight is 903 g/mol. The molecule has 0 aliphatic carbocycles. The van der Waals surface area contributed by atoms with Crippen LogP contribution in [-0.2, 0) is 25.5 Å². The van der Waals surface area contributed by atoms with E-state index in [9.17, 15) is 24.3 Å². The Kier molecular flexibility index (Phi) is 16.9. The van der Waals surface area contributed by atoms with Crippen LogP contribution < -0.4 is 20.8 Å². The fraction of sp³-hybridized carbons (Fsp3) is 0.333. The first-order valence-corrected chi connectivity index (χ1v) is 24.0. The van der Waals surface area contributed by atoms with Gasteiger partial charge in [-0.1, -0.05) is 133 Å². The number of carbonyl (C=O) groups excluding carboxylic acids is 3. The molecule has 64 heavy (non-hydrogen) atoms. The molecule has 0 saturated carbocycles. The van der Waals surface area contributed by atoms with Crippen molar-refractivity contribution >= 4 is 47.4 Å². The summed E-state index contributed by atoms with van der Waals surface area (Å²) in [6.07, 6.45) is 2.82. The van der Waals surface area contributed by atoms with Crippen LogP contribution in [0, 0.1) is 0 Å². The molecule has 5 aromatic rings. The maximum atomic E-state index is 14.3. The van der Waals surface area contributed by atoms with Gasteiger partial charge in [-0.05, 0) is 79.7 Å². The van der Waals surface area contributed by atoms with Gasteiger partial charge in [-0.25, -0.2) is 14.6 Å². The van der Waals surface area contributed by atoms with E-state index < -0.39 is 52.4 Å². The van der Waals surface area contributed by atoms with Crippen LogP contribution in [0.4, 0.5) is 4.79 Å². The number of aliphatic carboxylic acids is 1. The summed E-state index contributed by atoms with van der Waals surface area (Å²) in [6.45, 7) is 6.15. The number of nitrogens with one attached hydrogen (secondary N) is 3. The topological polar surface area (TPSA) is 146 Å². The number of rotatable bonds is 20. The molecule has 0 aromatic heterocycles. The number of nitrogens with zero attached hydrogens (tertiary/aromatic N) is 1. The second-order valence-corrected chi connectivity index (χ2v) is 18.9. The molecule has 1 unspecified atom stereocenters. The predicted octanol–water partition coefficient (Wildman–Crippen LogP) is 9.03. The predicted molar refractivity (Wildman–Crippen MR) is 256 cm³/mol. The van der Waals surface area contributed by atoms with E-state index in [1.165, 1.54) is 11.8 Å². The molecule has 1 aliphatic rings. The summed E-state index contributed by atoms with van der Waals surface area (Å²) in [6, 6.07) is 43.5. The number of fused-ring (bicyclic) bond motifs is 1. The zero-order chi connectivity index (χ0) is 45.5. The third-order valence-corrected chi connectivity index (χ3v) is 13.1. The van der Waals surface area contributed by atoms with E-state index in [4.69, 9.17) is 9.47 Å². The molecule has 0 fully saturated rings. The molecular formula is C51H58N4O7S2. The van der Waals surface area contributed by atoms with Gasteiger partial charge in [0.25, 0.3) is 5.91 Å². The van der Waals surface area contributed by atoms with Crippen LogP contribution >= 0.6 is 23.5 Å². The molecule has 11 nitrogen and oxygen atoms in total. The van der Waals surface area contributed by atoms with Gasteiger partial charge in [0.15, 0.2) is 0 Å². The molecule has 5 aromatic carbocycles. The number of benzene rings is 5. The molecule has 0 radical (unpaired) electrons. The number of carbonyl (C=O) groups is 4. The number of hydrogen-bond donors (Lipinski definition) is 4. The van der Waals surface area contributed by atoms with Crippen LogP contribution in [0.5, 0.6) is 5.75 Å². The van der Waals surface area contributed by atoms with Gasteiger partial charge in [0.2, 0.25) is 5.91 Å². The molecule has 3 amide bonds. The van der Waals surface area contributed by atoms with Crippen molar-refractivity contribution in [3.05, 3.63) is 173 Å². The smallest absolute Gasteiger partial charge is 0.422 e. The number of carboxylic acid groups (broad SMARTS) is 1. The highest BCUT2D eigenvalue weighted by atomic mass is 32.2. The Labute approximate surface area is 385 Å². The Morgan fingerprint density at radius 2 is 1.34 bits per heavy atom. The Morgan fingerprint density at radius 3 is 1.89 bits per heavy atom. The Hall–Kier alpha value is -5.76. The van der Waals surface area contributed by atoms with E-state index in [1.807, 2.05) is 98.4 Å². The molecule has 1 heterocycles. The molecule has 13 heteroatoms. The summed E-state index contributed by atoms with van der Waals surface area (Å²) >= 11 is 3.32. The monoisotopic (exact) mass is 902 g/mol. The maximum absolute atomic E-state index is 14.3. The van der Waals surface area contributed by atoms with Crippen molar-refractivity contribution in [2.45, 2.75) is 74.9 Å². The maximum Gasteiger partial charge on any atom is 0.422 e. The fourth-order valence-corrected chi connectivity index (χ4v) is 9.87. The fourth-order valence-electron chi connectivity index (χ4n) is 7.91. The van der Waals surface area contributed by atoms with E-state index in [-0.39, 0.29) is 25.0 Å². The van der Waals surface area contributed by atoms with Crippen LogP contribution in [0.2, 0.25) is 0 Å². The summed E-state index contributed by atoms with van der Waals surface area (Å²) in [5.74, 6) is -0.692. The van der Waals surface area contributed by atoms with Crippen LogP contribution in [0.1, 0.15) is 84.3 Å². The first-order valence-electron chi connectivity index (χ1n) is 21.6. The van der Waals surface area contributed by atoms with Crippen molar-refractivity contribution in [1.82, 2.24) is 21.1 Å². The minimum absolute atomic E-state index is 0.136. The number of ether oxygens (including phenoxy) is 2. The number of hydrazine groups is 1. The summed E-state index contributed by atoms with van der Waals surface area (Å²) in [5, 5.41) is 17.3. The Balaban J connectivity index is 1.27. The van der Waals surface area contributed by atoms with Crippen molar-refractivity contribution in [3.8, 4) is 5.75 Å². The second kappa shape index (κ2) is 22.7. The summed E-state index contributed by atoms with van der Waals surface area (Å²) in [4.78, 5) is 53.6. The summed E-state index contributed by atoms with van der Waals surface area (Å²) < 4.78 is 11.5. The number of carboxylic acids is 1. The van der Waals surface area contributed by atoms with E-state index in [1.54, 1.807) is 12.1 Å². The van der Waals surface area contributed by atoms with Gasteiger partial charge < -0.3 is 25.2 Å². The van der Waals surface area contributed by atoms with Gasteiger partial charge in [-0.15, -0.1) is 11.8 Å². The lowest BCUT2D eigenvalue weighted by Crippen LogP contribution is -2.52. The molecule has 0 bridgehead atoms. The lowest BCUT2D eigenvalue weighted by Gasteiger charge is -2.37. The minimum atomic E-state index is -1.14. The molecular weight excluding hydrogens is 845 g/mol. The zero-order valence-electron chi connectivity index (χ0n) is 36.8. The molecule has 3 atom stereocenters. The van der Waals surface area contributed by atoms with Gasteiger partial charge in [0, 0.05) is 24.9 Å². The van der Waals surface area contributed by atoms with E-state index in [0.717, 1.165) is 22.3 Å². The largest absolute Gasteiger partial charge is 0.492 e. The average Bonchev–Trinajstić information content (AvgIpc) is 3.30. The van der Waals surface area contributed by atoms with Gasteiger partial charge in [-0.3, -0.25) is 15.0 Å². The van der Waals surface area contributed by atoms with E-state index in [0.29, 0.717) is 42.2 Å². The number of para-hydroxylation sites is 1. The lowest BCUT2D eigenvalue weighted by molar-refractivity contribution is -0.142. The number of thioether (sulfide) groups is 2. The van der Waals surface area contributed by atoms with Crippen molar-refractivity contribution in [1.29, 1.82) is 0 Å². The molecule has 0 spiro atoms. The van der Waals surface area contributed by atoms with E-state index in [2.05, 4.69) is 88.9 Å². The quantitative estimate of drug-likeness (QED) is 0.0339. The van der Waals surface area contributed by atoms with Crippen molar-refractivity contribution in [3.63, 3.8) is 0 Å². The molecule has 336 valence electrons. The third-order valence-electron chi connectivity index (χ3n) is 10.8. The Bertz CT molecular complexity index is 2200. The number of amides is 3. The zero-order valence-corrected chi connectivity index (χ0v) is 38.5. The standard InChI is InChI=1S/C51H58N4O7S2/c1-50(2,3)62-49(60)54-55(31-18-33-64-51(37-21-11-6-12-22-37,38-23-13-7-14-24-38)39-25-15-8-16-26-39)44-29-32-61-45-40(44)27-17-28-41(45)46(56)53-43(35-36-19-9-5-10-20-36)47(57)52-42(48(58)59)30-34-63-4/h5-17,19-28,42-44H,18,29-35H2,1-4H3,(H,52,57)(H,53,56)(H,54,60)(H,58,59)/t42-,43-,44?/m0/s1. The van der Waals surface area contributed by atoms with Gasteiger partial charge in [-0.2, -0.15) is 11.8 Å². The second-order valence-electron chi connectivity index (χ2n) is 16.6. The van der Waals surface area contributed by atoms with Crippen LogP contribution in [0.15, 0.2) is 140 Å². The number of hydrogen-bond acceptors (Lipinski definition) is 9. The first kappa shape index (κ1) is 47.7. The van der Waals surface area contributed by atoms with Crippen molar-refractivity contribution in [2.24, 2.45) is 0 Å².